The summed E-state index contributed by atoms with van der Waals surface area (Å²) in [5, 5.41) is 8.84. The highest BCUT2D eigenvalue weighted by Crippen LogP contribution is 2.22. The summed E-state index contributed by atoms with van der Waals surface area (Å²) < 4.78 is 18.9. The van der Waals surface area contributed by atoms with Crippen molar-refractivity contribution >= 4 is 17.5 Å². The molecule has 3 heterocycles. The van der Waals surface area contributed by atoms with E-state index in [1.807, 2.05) is 12.1 Å². The van der Waals surface area contributed by atoms with Crippen LogP contribution in [0.2, 0.25) is 0 Å². The molecule has 2 aliphatic heterocycles. The molecule has 0 radical (unpaired) electrons. The van der Waals surface area contributed by atoms with Crippen LogP contribution in [0, 0.1) is 11.7 Å². The highest BCUT2D eigenvalue weighted by molar-refractivity contribution is 5.78. The topological polar surface area (TPSA) is 61.8 Å². The number of amides is 1. The van der Waals surface area contributed by atoms with Gasteiger partial charge in [0.05, 0.1) is 0 Å². The molecule has 1 amide bonds. The maximum Gasteiger partial charge on any atom is 0.260 e. The van der Waals surface area contributed by atoms with E-state index in [9.17, 15) is 9.18 Å². The lowest BCUT2D eigenvalue weighted by atomic mass is 9.99. The molecule has 7 nitrogen and oxygen atoms in total. The van der Waals surface area contributed by atoms with Crippen LogP contribution in [0.5, 0.6) is 5.75 Å². The number of halogens is 1. The number of rotatable bonds is 5. The maximum atomic E-state index is 13.6. The van der Waals surface area contributed by atoms with Gasteiger partial charge in [-0.1, -0.05) is 19.1 Å². The van der Waals surface area contributed by atoms with Crippen LogP contribution < -0.4 is 14.5 Å². The van der Waals surface area contributed by atoms with E-state index in [-0.39, 0.29) is 18.3 Å². The van der Waals surface area contributed by atoms with Crippen molar-refractivity contribution in [1.82, 2.24) is 15.1 Å². The first kappa shape index (κ1) is 20.4. The number of aromatic nitrogens is 2. The Bertz CT molecular complexity index is 847. The second-order valence-corrected chi connectivity index (χ2v) is 8.01. The Morgan fingerprint density at radius 3 is 2.17 bits per heavy atom. The lowest BCUT2D eigenvalue weighted by Gasteiger charge is -2.35. The molecule has 2 aliphatic rings. The van der Waals surface area contributed by atoms with Crippen LogP contribution in [0.4, 0.5) is 16.0 Å². The number of carbonyl (C=O) groups excluding carboxylic acids is 1. The Balaban J connectivity index is 1.26. The summed E-state index contributed by atoms with van der Waals surface area (Å²) in [6.07, 6.45) is 2.39. The first-order chi connectivity index (χ1) is 14.6. The second kappa shape index (κ2) is 9.28. The maximum absolute atomic E-state index is 13.6. The smallest absolute Gasteiger partial charge is 0.260 e. The average molecular weight is 413 g/mol. The van der Waals surface area contributed by atoms with Gasteiger partial charge < -0.3 is 19.4 Å². The van der Waals surface area contributed by atoms with E-state index in [0.717, 1.165) is 30.6 Å². The van der Waals surface area contributed by atoms with Crippen LogP contribution >= 0.6 is 0 Å². The fraction of sp³-hybridized carbons (Fsp3) is 0.500. The molecule has 2 aromatic rings. The van der Waals surface area contributed by atoms with Gasteiger partial charge in [-0.05, 0) is 43.0 Å². The van der Waals surface area contributed by atoms with Crippen molar-refractivity contribution in [2.45, 2.75) is 19.8 Å². The van der Waals surface area contributed by atoms with E-state index in [0.29, 0.717) is 26.2 Å². The van der Waals surface area contributed by atoms with Crippen LogP contribution in [0.15, 0.2) is 36.4 Å². The minimum atomic E-state index is -0.462. The van der Waals surface area contributed by atoms with Crippen molar-refractivity contribution < 1.29 is 13.9 Å². The van der Waals surface area contributed by atoms with Gasteiger partial charge in [-0.25, -0.2) is 4.39 Å². The first-order valence-electron chi connectivity index (χ1n) is 10.6. The van der Waals surface area contributed by atoms with Gasteiger partial charge in [-0.15, -0.1) is 10.2 Å². The second-order valence-electron chi connectivity index (χ2n) is 8.01. The van der Waals surface area contributed by atoms with Gasteiger partial charge in [-0.3, -0.25) is 4.79 Å². The third-order valence-corrected chi connectivity index (χ3v) is 5.89. The van der Waals surface area contributed by atoms with Gasteiger partial charge in [0.25, 0.3) is 5.91 Å². The van der Waals surface area contributed by atoms with E-state index in [4.69, 9.17) is 4.74 Å². The number of nitrogens with zero attached hydrogens (tertiary/aromatic N) is 5. The molecule has 8 heteroatoms. The number of benzene rings is 1. The Morgan fingerprint density at radius 2 is 1.57 bits per heavy atom. The molecule has 0 saturated carbocycles. The Labute approximate surface area is 176 Å². The summed E-state index contributed by atoms with van der Waals surface area (Å²) in [6, 6.07) is 10.2. The normalized spacial score (nSPS) is 17.9. The van der Waals surface area contributed by atoms with Crippen molar-refractivity contribution in [2.24, 2.45) is 5.92 Å². The third-order valence-electron chi connectivity index (χ3n) is 5.89. The number of piperazine rings is 1. The van der Waals surface area contributed by atoms with Gasteiger partial charge in [0, 0.05) is 39.3 Å². The van der Waals surface area contributed by atoms with Gasteiger partial charge in [-0.2, -0.15) is 0 Å². The highest BCUT2D eigenvalue weighted by atomic mass is 19.1. The molecule has 0 bridgehead atoms. The quantitative estimate of drug-likeness (QED) is 0.751. The van der Waals surface area contributed by atoms with Crippen LogP contribution in [0.3, 0.4) is 0 Å². The Hall–Kier alpha value is -2.90. The molecule has 0 aliphatic carbocycles. The minimum absolute atomic E-state index is 0.100. The molecule has 0 spiro atoms. The molecular formula is C22H28FN5O2. The fourth-order valence-electron chi connectivity index (χ4n) is 3.87. The lowest BCUT2D eigenvalue weighted by molar-refractivity contribution is -0.133. The standard InChI is InChI=1S/C22H28FN5O2/c1-17-8-10-26(11-9-17)20-6-7-21(25-24-20)27-12-14-28(15-13-27)22(29)16-30-19-5-3-2-4-18(19)23/h2-7,17H,8-16H2,1H3. The number of carbonyl (C=O) groups is 1. The first-order valence-corrected chi connectivity index (χ1v) is 10.6. The molecule has 0 unspecified atom stereocenters. The van der Waals surface area contributed by atoms with E-state index in [1.54, 1.807) is 17.0 Å². The summed E-state index contributed by atoms with van der Waals surface area (Å²) in [5.41, 5.74) is 0. The van der Waals surface area contributed by atoms with Crippen molar-refractivity contribution in [1.29, 1.82) is 0 Å². The molecule has 1 aromatic carbocycles. The number of para-hydroxylation sites is 1. The molecule has 160 valence electrons. The SMILES string of the molecule is CC1CCN(c2ccc(N3CCN(C(=O)COc4ccccc4F)CC3)nn2)CC1. The van der Waals surface area contributed by atoms with E-state index >= 15 is 0 Å². The monoisotopic (exact) mass is 413 g/mol. The van der Waals surface area contributed by atoms with E-state index < -0.39 is 5.82 Å². The molecule has 2 saturated heterocycles. The number of hydrogen-bond acceptors (Lipinski definition) is 6. The van der Waals surface area contributed by atoms with Gasteiger partial charge in [0.15, 0.2) is 29.8 Å². The van der Waals surface area contributed by atoms with Gasteiger partial charge in [0.1, 0.15) is 0 Å². The highest BCUT2D eigenvalue weighted by Gasteiger charge is 2.23. The van der Waals surface area contributed by atoms with Crippen LogP contribution in [0.1, 0.15) is 19.8 Å². The van der Waals surface area contributed by atoms with E-state index in [2.05, 4.69) is 26.9 Å². The molecular weight excluding hydrogens is 385 g/mol. The zero-order valence-corrected chi connectivity index (χ0v) is 17.3. The summed E-state index contributed by atoms with van der Waals surface area (Å²) in [7, 11) is 0. The van der Waals surface area contributed by atoms with Crippen LogP contribution in [-0.2, 0) is 4.79 Å². The summed E-state index contributed by atoms with van der Waals surface area (Å²) in [5.74, 6) is 2.05. The minimum Gasteiger partial charge on any atom is -0.481 e. The van der Waals surface area contributed by atoms with Crippen LogP contribution in [0.25, 0.3) is 0 Å². The summed E-state index contributed by atoms with van der Waals surface area (Å²) in [4.78, 5) is 18.6. The van der Waals surface area contributed by atoms with Gasteiger partial charge in [0.2, 0.25) is 0 Å². The largest absolute Gasteiger partial charge is 0.481 e. The number of piperidine rings is 1. The number of hydrogen-bond donors (Lipinski definition) is 0. The number of anilines is 2. The van der Waals surface area contributed by atoms with Crippen molar-refractivity contribution in [3.05, 3.63) is 42.2 Å². The molecule has 2 fully saturated rings. The predicted octanol–water partition coefficient (Wildman–Crippen LogP) is 2.58. The van der Waals surface area contributed by atoms with Crippen LogP contribution in [-0.4, -0.2) is 66.9 Å². The zero-order chi connectivity index (χ0) is 20.9. The molecule has 0 N–H and O–H groups in total. The lowest BCUT2D eigenvalue weighted by Crippen LogP contribution is -2.50. The fourth-order valence-corrected chi connectivity index (χ4v) is 3.87. The van der Waals surface area contributed by atoms with Crippen molar-refractivity contribution in [3.8, 4) is 5.75 Å². The molecule has 4 rings (SSSR count). The zero-order valence-electron chi connectivity index (χ0n) is 17.3. The molecule has 1 aromatic heterocycles. The Kier molecular flexibility index (Phi) is 6.30. The molecule has 0 atom stereocenters. The average Bonchev–Trinajstić information content (AvgIpc) is 2.79. The summed E-state index contributed by atoms with van der Waals surface area (Å²) in [6.45, 7) is 6.71. The van der Waals surface area contributed by atoms with E-state index in [1.165, 1.54) is 25.0 Å². The molecule has 30 heavy (non-hydrogen) atoms. The van der Waals surface area contributed by atoms with Gasteiger partial charge >= 0.3 is 0 Å². The van der Waals surface area contributed by atoms with Crippen molar-refractivity contribution in [2.75, 3.05) is 55.7 Å². The predicted molar refractivity (Wildman–Crippen MR) is 113 cm³/mol. The van der Waals surface area contributed by atoms with Crippen molar-refractivity contribution in [3.63, 3.8) is 0 Å². The third kappa shape index (κ3) is 4.80. The Morgan fingerprint density at radius 1 is 0.967 bits per heavy atom. The number of ether oxygens (including phenoxy) is 1. The summed E-state index contributed by atoms with van der Waals surface area (Å²) >= 11 is 0.